The van der Waals surface area contributed by atoms with Crippen LogP contribution in [0.3, 0.4) is 0 Å². The summed E-state index contributed by atoms with van der Waals surface area (Å²) < 4.78 is 24.7. The fourth-order valence-corrected chi connectivity index (χ4v) is 3.82. The summed E-state index contributed by atoms with van der Waals surface area (Å²) in [6.45, 7) is 2.03. The van der Waals surface area contributed by atoms with Gasteiger partial charge in [0.15, 0.2) is 11.6 Å². The van der Waals surface area contributed by atoms with E-state index in [9.17, 15) is 14.0 Å². The average Bonchev–Trinajstić information content (AvgIpc) is 3.60. The lowest BCUT2D eigenvalue weighted by atomic mass is 10.0. The van der Waals surface area contributed by atoms with Gasteiger partial charge in [0.05, 0.1) is 17.7 Å². The maximum absolute atomic E-state index is 13.7. The molecule has 8 heteroatoms. The second kappa shape index (κ2) is 10.1. The lowest BCUT2D eigenvalue weighted by Gasteiger charge is -2.13. The second-order valence-corrected chi connectivity index (χ2v) is 9.26. The number of ketones is 2. The van der Waals surface area contributed by atoms with Crippen molar-refractivity contribution in [2.45, 2.75) is 38.1 Å². The van der Waals surface area contributed by atoms with Gasteiger partial charge in [0.2, 0.25) is 0 Å². The van der Waals surface area contributed by atoms with Crippen molar-refractivity contribution in [3.05, 3.63) is 76.2 Å². The van der Waals surface area contributed by atoms with Gasteiger partial charge in [-0.1, -0.05) is 11.6 Å². The van der Waals surface area contributed by atoms with Gasteiger partial charge >= 0.3 is 0 Å². The van der Waals surface area contributed by atoms with Gasteiger partial charge in [0, 0.05) is 24.0 Å². The number of methoxy groups -OCH3 is 1. The van der Waals surface area contributed by atoms with Crippen LogP contribution in [-0.2, 0) is 0 Å². The van der Waals surface area contributed by atoms with Crippen molar-refractivity contribution in [1.29, 1.82) is 0 Å². The van der Waals surface area contributed by atoms with Crippen LogP contribution in [0.25, 0.3) is 11.3 Å². The average molecular weight is 497 g/mol. The van der Waals surface area contributed by atoms with Gasteiger partial charge in [0.25, 0.3) is 0 Å². The zero-order chi connectivity index (χ0) is 25.2. The summed E-state index contributed by atoms with van der Waals surface area (Å²) in [6.07, 6.45) is 1.82. The summed E-state index contributed by atoms with van der Waals surface area (Å²) in [6, 6.07) is 12.6. The van der Waals surface area contributed by atoms with E-state index in [0.29, 0.717) is 45.5 Å². The van der Waals surface area contributed by atoms with Crippen molar-refractivity contribution in [3.8, 4) is 22.8 Å². The largest absolute Gasteiger partial charge is 0.494 e. The fraction of sp³-hybridized carbons (Fsp3) is 0.296. The first-order valence-electron chi connectivity index (χ1n) is 11.3. The third-order valence-corrected chi connectivity index (χ3v) is 6.33. The van der Waals surface area contributed by atoms with Crippen LogP contribution in [0.2, 0.25) is 5.02 Å². The molecule has 0 unspecified atom stereocenters. The Bertz CT molecular complexity index is 1290. The van der Waals surface area contributed by atoms with Crippen LogP contribution >= 0.6 is 11.6 Å². The molecule has 0 saturated heterocycles. The Balaban J connectivity index is 1.43. The van der Waals surface area contributed by atoms with E-state index in [1.54, 1.807) is 49.4 Å². The first-order valence-corrected chi connectivity index (χ1v) is 11.7. The lowest BCUT2D eigenvalue weighted by molar-refractivity contribution is 0.0915. The Morgan fingerprint density at radius 3 is 2.43 bits per heavy atom. The quantitative estimate of drug-likeness (QED) is 0.369. The summed E-state index contributed by atoms with van der Waals surface area (Å²) in [4.78, 5) is 29.9. The van der Waals surface area contributed by atoms with Crippen LogP contribution in [-0.4, -0.2) is 35.8 Å². The molecule has 3 aromatic rings. The number of carbonyl (C=O) groups excluding carboxylic acids is 2. The molecule has 182 valence electrons. The van der Waals surface area contributed by atoms with Crippen molar-refractivity contribution in [1.82, 2.24) is 4.98 Å². The third-order valence-electron chi connectivity index (χ3n) is 6.04. The van der Waals surface area contributed by atoms with Gasteiger partial charge < -0.3 is 15.2 Å². The smallest absolute Gasteiger partial charge is 0.181 e. The second-order valence-electron chi connectivity index (χ2n) is 8.85. The zero-order valence-electron chi connectivity index (χ0n) is 19.6. The van der Waals surface area contributed by atoms with Crippen molar-refractivity contribution in [2.75, 3.05) is 13.7 Å². The Morgan fingerprint density at radius 2 is 1.77 bits per heavy atom. The summed E-state index contributed by atoms with van der Waals surface area (Å²) >= 11 is 6.28. The molecule has 0 amide bonds. The molecule has 35 heavy (non-hydrogen) atoms. The molecule has 1 aliphatic rings. The Hall–Kier alpha value is -3.29. The number of benzene rings is 2. The van der Waals surface area contributed by atoms with E-state index in [1.807, 2.05) is 0 Å². The van der Waals surface area contributed by atoms with E-state index < -0.39 is 0 Å². The summed E-state index contributed by atoms with van der Waals surface area (Å²) in [5.74, 6) is 0.103. The number of aryl methyl sites for hydroxylation is 1. The highest BCUT2D eigenvalue weighted by atomic mass is 35.5. The third kappa shape index (κ3) is 5.86. The lowest BCUT2D eigenvalue weighted by Crippen LogP contribution is -2.29. The first-order chi connectivity index (χ1) is 16.7. The maximum atomic E-state index is 13.7. The maximum Gasteiger partial charge on any atom is 0.181 e. The molecule has 1 fully saturated rings. The van der Waals surface area contributed by atoms with Crippen molar-refractivity contribution < 1.29 is 23.5 Å². The fourth-order valence-electron chi connectivity index (χ4n) is 3.58. The predicted octanol–water partition coefficient (Wildman–Crippen LogP) is 5.57. The molecule has 1 saturated carbocycles. The molecule has 1 heterocycles. The number of hydrogen-bond donors (Lipinski definition) is 1. The molecule has 0 aliphatic heterocycles. The Kier molecular flexibility index (Phi) is 7.19. The minimum absolute atomic E-state index is 0.0000238. The zero-order valence-corrected chi connectivity index (χ0v) is 20.3. The van der Waals surface area contributed by atoms with E-state index in [-0.39, 0.29) is 41.5 Å². The SMILES string of the molecule is COc1ccc(C(=O)CCC(=O)c2ccc(OCC3(N)CC3)c(Cl)c2)nc1-c1ccc(F)c(C)c1. The van der Waals surface area contributed by atoms with Gasteiger partial charge in [-0.3, -0.25) is 9.59 Å². The molecule has 6 nitrogen and oxygen atoms in total. The Morgan fingerprint density at radius 1 is 1.06 bits per heavy atom. The molecule has 1 aromatic heterocycles. The monoisotopic (exact) mass is 496 g/mol. The molecule has 1 aliphatic carbocycles. The van der Waals surface area contributed by atoms with Crippen molar-refractivity contribution in [2.24, 2.45) is 5.73 Å². The molecule has 0 radical (unpaired) electrons. The van der Waals surface area contributed by atoms with Crippen molar-refractivity contribution in [3.63, 3.8) is 0 Å². The minimum atomic E-state index is -0.329. The molecule has 2 N–H and O–H groups in total. The van der Waals surface area contributed by atoms with Crippen LogP contribution in [0.4, 0.5) is 4.39 Å². The van der Waals surface area contributed by atoms with Crippen LogP contribution < -0.4 is 15.2 Å². The molecular formula is C27H26ClFN2O4. The van der Waals surface area contributed by atoms with Crippen LogP contribution in [0.1, 0.15) is 52.1 Å². The number of ether oxygens (including phenoxy) is 2. The minimum Gasteiger partial charge on any atom is -0.494 e. The van der Waals surface area contributed by atoms with E-state index >= 15 is 0 Å². The molecule has 4 rings (SSSR count). The van der Waals surface area contributed by atoms with E-state index in [1.165, 1.54) is 13.2 Å². The van der Waals surface area contributed by atoms with Crippen LogP contribution in [0, 0.1) is 12.7 Å². The number of nitrogens with zero attached hydrogens (tertiary/aromatic N) is 1. The highest BCUT2D eigenvalue weighted by molar-refractivity contribution is 6.32. The van der Waals surface area contributed by atoms with Gasteiger partial charge in [-0.25, -0.2) is 9.37 Å². The van der Waals surface area contributed by atoms with Gasteiger partial charge in [0.1, 0.15) is 35.3 Å². The number of Topliss-reactive ketones (excluding diaryl/α,β-unsaturated/α-hetero) is 2. The van der Waals surface area contributed by atoms with E-state index in [4.69, 9.17) is 26.8 Å². The highest BCUT2D eigenvalue weighted by Gasteiger charge is 2.39. The summed E-state index contributed by atoms with van der Waals surface area (Å²) in [5, 5.41) is 0.322. The number of rotatable bonds is 10. The van der Waals surface area contributed by atoms with Gasteiger partial charge in [-0.2, -0.15) is 0 Å². The number of hydrogen-bond acceptors (Lipinski definition) is 6. The standard InChI is InChI=1S/C27H26ClFN2O4/c1-16-13-18(3-5-20(16)29)26-25(34-2)10-6-21(31-26)23(33)8-7-22(32)17-4-9-24(19(28)14-17)35-15-27(30)11-12-27/h3-6,9-10,13-14H,7-8,11-12,15,30H2,1-2H3. The molecule has 0 spiro atoms. The van der Waals surface area contributed by atoms with E-state index in [0.717, 1.165) is 12.8 Å². The summed E-state index contributed by atoms with van der Waals surface area (Å²) in [5.41, 5.74) is 7.87. The van der Waals surface area contributed by atoms with Crippen LogP contribution in [0.5, 0.6) is 11.5 Å². The molecule has 0 bridgehead atoms. The molecule has 0 atom stereocenters. The number of carbonyl (C=O) groups is 2. The number of halogens is 2. The van der Waals surface area contributed by atoms with Gasteiger partial charge in [-0.05, 0) is 73.9 Å². The number of aromatic nitrogens is 1. The van der Waals surface area contributed by atoms with Crippen molar-refractivity contribution >= 4 is 23.2 Å². The summed E-state index contributed by atoms with van der Waals surface area (Å²) in [7, 11) is 1.50. The number of nitrogens with two attached hydrogens (primary N) is 1. The highest BCUT2D eigenvalue weighted by Crippen LogP contribution is 2.34. The molecular weight excluding hydrogens is 471 g/mol. The topological polar surface area (TPSA) is 91.5 Å². The first kappa shape index (κ1) is 24.8. The van der Waals surface area contributed by atoms with Crippen LogP contribution in [0.15, 0.2) is 48.5 Å². The number of pyridine rings is 1. The molecule has 2 aromatic carbocycles. The predicted molar refractivity (Wildman–Crippen MR) is 132 cm³/mol. The van der Waals surface area contributed by atoms with Gasteiger partial charge in [-0.15, -0.1) is 0 Å². The normalized spacial score (nSPS) is 13.9. The van der Waals surface area contributed by atoms with E-state index in [2.05, 4.69) is 4.98 Å². The Labute approximate surface area is 208 Å².